The molecule has 0 radical (unpaired) electrons. The molecule has 3 aromatic rings. The predicted molar refractivity (Wildman–Crippen MR) is 162 cm³/mol. The number of aliphatic hydroxyl groups excluding tert-OH is 1. The van der Waals surface area contributed by atoms with Crippen molar-refractivity contribution in [2.45, 2.75) is 49.3 Å². The molecule has 42 heavy (non-hydrogen) atoms. The average molecular weight is 596 g/mol. The molecule has 0 spiro atoms. The van der Waals surface area contributed by atoms with Crippen molar-refractivity contribution in [2.24, 2.45) is 11.7 Å². The SMILES string of the molecule is CC(CN)CN(C[C@@H](O)[C@H](Cc1ccccc1)NC(=O)Cc1ccc(O[C@H]2CCOC2)cc1)S(=O)(=O)c1ccccc1. The number of benzene rings is 3. The topological polar surface area (TPSA) is 131 Å². The van der Waals surface area contributed by atoms with E-state index in [1.165, 1.54) is 16.4 Å². The number of carbonyl (C=O) groups excluding carboxylic acids is 1. The van der Waals surface area contributed by atoms with Crippen LogP contribution >= 0.6 is 0 Å². The zero-order valence-corrected chi connectivity index (χ0v) is 24.8. The summed E-state index contributed by atoms with van der Waals surface area (Å²) in [6, 6.07) is 24.2. The molecule has 10 heteroatoms. The standard InChI is InChI=1S/C32H41N3O6S/c1-24(20-33)21-35(42(38,39)29-10-6-3-7-11-29)22-31(36)30(18-25-8-4-2-5-9-25)34-32(37)19-26-12-14-27(15-13-26)41-28-16-17-40-23-28/h2-15,24,28,30-31,36H,16-23,33H2,1H3,(H,34,37)/t24?,28-,30-,31+/m0/s1. The molecule has 0 bridgehead atoms. The smallest absolute Gasteiger partial charge is 0.243 e. The second-order valence-electron chi connectivity index (χ2n) is 10.8. The van der Waals surface area contributed by atoms with E-state index in [0.717, 1.165) is 23.3 Å². The van der Waals surface area contributed by atoms with Gasteiger partial charge in [-0.25, -0.2) is 8.42 Å². The van der Waals surface area contributed by atoms with Crippen molar-refractivity contribution < 1.29 is 27.8 Å². The Morgan fingerprint density at radius 1 is 1.02 bits per heavy atom. The minimum absolute atomic E-state index is 0.0393. The fourth-order valence-electron chi connectivity index (χ4n) is 4.85. The van der Waals surface area contributed by atoms with E-state index in [4.69, 9.17) is 15.2 Å². The van der Waals surface area contributed by atoms with Gasteiger partial charge in [-0.1, -0.05) is 67.6 Å². The Labute approximate surface area is 248 Å². The summed E-state index contributed by atoms with van der Waals surface area (Å²) >= 11 is 0. The van der Waals surface area contributed by atoms with Crippen LogP contribution in [0.15, 0.2) is 89.8 Å². The van der Waals surface area contributed by atoms with Gasteiger partial charge in [0.25, 0.3) is 0 Å². The van der Waals surface area contributed by atoms with Crippen molar-refractivity contribution in [2.75, 3.05) is 32.8 Å². The van der Waals surface area contributed by atoms with Gasteiger partial charge in [0, 0.05) is 19.5 Å². The number of nitrogens with one attached hydrogen (secondary N) is 1. The highest BCUT2D eigenvalue weighted by atomic mass is 32.2. The van der Waals surface area contributed by atoms with Crippen LogP contribution in [-0.2, 0) is 32.4 Å². The first-order chi connectivity index (χ1) is 20.2. The summed E-state index contributed by atoms with van der Waals surface area (Å²) in [5, 5.41) is 14.4. The zero-order valence-electron chi connectivity index (χ0n) is 24.0. The Morgan fingerprint density at radius 2 is 1.69 bits per heavy atom. The molecule has 1 aliphatic heterocycles. The van der Waals surface area contributed by atoms with Gasteiger partial charge < -0.3 is 25.6 Å². The summed E-state index contributed by atoms with van der Waals surface area (Å²) in [7, 11) is -3.91. The Bertz CT molecular complexity index is 1350. The Balaban J connectivity index is 1.48. The third-order valence-electron chi connectivity index (χ3n) is 7.28. The van der Waals surface area contributed by atoms with Crippen molar-refractivity contribution in [3.8, 4) is 5.75 Å². The fraction of sp³-hybridized carbons (Fsp3) is 0.406. The normalized spacial score (nSPS) is 17.5. The number of carbonyl (C=O) groups is 1. The molecular weight excluding hydrogens is 554 g/mol. The van der Waals surface area contributed by atoms with Gasteiger partial charge in [0.1, 0.15) is 11.9 Å². The van der Waals surface area contributed by atoms with Crippen LogP contribution in [0.25, 0.3) is 0 Å². The van der Waals surface area contributed by atoms with Crippen molar-refractivity contribution in [3.63, 3.8) is 0 Å². The number of hydrogen-bond acceptors (Lipinski definition) is 7. The molecule has 1 amide bonds. The first kappa shape index (κ1) is 31.7. The molecule has 9 nitrogen and oxygen atoms in total. The van der Waals surface area contributed by atoms with Crippen LogP contribution < -0.4 is 15.8 Å². The second kappa shape index (κ2) is 15.3. The van der Waals surface area contributed by atoms with Crippen LogP contribution in [0.4, 0.5) is 0 Å². The first-order valence-electron chi connectivity index (χ1n) is 14.3. The van der Waals surface area contributed by atoms with Crippen LogP contribution in [0.3, 0.4) is 0 Å². The average Bonchev–Trinajstić information content (AvgIpc) is 3.51. The number of nitrogens with zero attached hydrogens (tertiary/aromatic N) is 1. The summed E-state index contributed by atoms with van der Waals surface area (Å²) in [5.74, 6) is 0.310. The van der Waals surface area contributed by atoms with Crippen molar-refractivity contribution in [3.05, 3.63) is 96.1 Å². The first-order valence-corrected chi connectivity index (χ1v) is 15.8. The summed E-state index contributed by atoms with van der Waals surface area (Å²) in [6.07, 6.45) is 0.140. The van der Waals surface area contributed by atoms with E-state index >= 15 is 0 Å². The van der Waals surface area contributed by atoms with Gasteiger partial charge in [0.15, 0.2) is 0 Å². The van der Waals surface area contributed by atoms with Crippen molar-refractivity contribution in [1.82, 2.24) is 9.62 Å². The van der Waals surface area contributed by atoms with E-state index < -0.39 is 22.2 Å². The van der Waals surface area contributed by atoms with Crippen molar-refractivity contribution in [1.29, 1.82) is 0 Å². The number of aliphatic hydroxyl groups is 1. The summed E-state index contributed by atoms with van der Waals surface area (Å²) in [6.45, 7) is 3.36. The maximum absolute atomic E-state index is 13.6. The fourth-order valence-corrected chi connectivity index (χ4v) is 6.45. The Morgan fingerprint density at radius 3 is 2.31 bits per heavy atom. The van der Waals surface area contributed by atoms with E-state index in [1.807, 2.05) is 61.5 Å². The number of nitrogens with two attached hydrogens (primary N) is 1. The van der Waals surface area contributed by atoms with Crippen LogP contribution in [0, 0.1) is 5.92 Å². The largest absolute Gasteiger partial charge is 0.488 e. The zero-order chi connectivity index (χ0) is 30.0. The highest BCUT2D eigenvalue weighted by molar-refractivity contribution is 7.89. The summed E-state index contributed by atoms with van der Waals surface area (Å²) < 4.78 is 39.7. The van der Waals surface area contributed by atoms with E-state index in [1.54, 1.807) is 18.2 Å². The van der Waals surface area contributed by atoms with Gasteiger partial charge in [0.2, 0.25) is 15.9 Å². The molecule has 4 atom stereocenters. The highest BCUT2D eigenvalue weighted by Gasteiger charge is 2.31. The molecule has 4 N–H and O–H groups in total. The van der Waals surface area contributed by atoms with Gasteiger partial charge in [-0.15, -0.1) is 0 Å². The molecule has 1 aliphatic rings. The number of ether oxygens (including phenoxy) is 2. The molecule has 1 unspecified atom stereocenters. The maximum Gasteiger partial charge on any atom is 0.243 e. The molecular formula is C32H41N3O6S. The quantitative estimate of drug-likeness (QED) is 0.246. The predicted octanol–water partition coefficient (Wildman–Crippen LogP) is 2.77. The summed E-state index contributed by atoms with van der Waals surface area (Å²) in [5.41, 5.74) is 7.53. The molecule has 1 heterocycles. The van der Waals surface area contributed by atoms with Gasteiger partial charge in [-0.3, -0.25) is 4.79 Å². The van der Waals surface area contributed by atoms with Crippen LogP contribution in [0.5, 0.6) is 5.75 Å². The monoisotopic (exact) mass is 595 g/mol. The number of hydrogen-bond donors (Lipinski definition) is 3. The van der Waals surface area contributed by atoms with E-state index in [0.29, 0.717) is 26.2 Å². The Hall–Kier alpha value is -3.28. The highest BCUT2D eigenvalue weighted by Crippen LogP contribution is 2.20. The van der Waals surface area contributed by atoms with E-state index in [2.05, 4.69) is 5.32 Å². The molecule has 226 valence electrons. The molecule has 0 saturated carbocycles. The molecule has 0 aliphatic carbocycles. The maximum atomic E-state index is 13.6. The molecule has 3 aromatic carbocycles. The Kier molecular flexibility index (Phi) is 11.5. The lowest BCUT2D eigenvalue weighted by Gasteiger charge is -2.31. The van der Waals surface area contributed by atoms with Gasteiger partial charge in [-0.2, -0.15) is 4.31 Å². The minimum atomic E-state index is -3.91. The van der Waals surface area contributed by atoms with Gasteiger partial charge in [0.05, 0.1) is 36.7 Å². The number of rotatable bonds is 15. The van der Waals surface area contributed by atoms with E-state index in [9.17, 15) is 18.3 Å². The number of amides is 1. The third-order valence-corrected chi connectivity index (χ3v) is 9.12. The molecule has 1 saturated heterocycles. The van der Waals surface area contributed by atoms with Crippen LogP contribution in [0.1, 0.15) is 24.5 Å². The van der Waals surface area contributed by atoms with Gasteiger partial charge in [-0.05, 0) is 54.3 Å². The minimum Gasteiger partial charge on any atom is -0.488 e. The lowest BCUT2D eigenvalue weighted by molar-refractivity contribution is -0.122. The summed E-state index contributed by atoms with van der Waals surface area (Å²) in [4.78, 5) is 13.3. The molecule has 0 aromatic heterocycles. The molecule has 1 fully saturated rings. The third kappa shape index (κ3) is 9.11. The molecule has 4 rings (SSSR count). The second-order valence-corrected chi connectivity index (χ2v) is 12.8. The lowest BCUT2D eigenvalue weighted by atomic mass is 10.00. The number of sulfonamides is 1. The lowest BCUT2D eigenvalue weighted by Crippen LogP contribution is -2.51. The van der Waals surface area contributed by atoms with E-state index in [-0.39, 0.29) is 42.3 Å². The van der Waals surface area contributed by atoms with Gasteiger partial charge >= 0.3 is 0 Å². The van der Waals surface area contributed by atoms with Crippen LogP contribution in [0.2, 0.25) is 0 Å². The van der Waals surface area contributed by atoms with Crippen LogP contribution in [-0.4, -0.2) is 74.8 Å². The van der Waals surface area contributed by atoms with Crippen molar-refractivity contribution >= 4 is 15.9 Å².